The second kappa shape index (κ2) is 4.11. The Labute approximate surface area is 117 Å². The molecule has 108 valence electrons. The van der Waals surface area contributed by atoms with Crippen LogP contribution in [-0.2, 0) is 4.74 Å². The molecular formula is C15H18FNO3. The number of rotatable bonds is 0. The summed E-state index contributed by atoms with van der Waals surface area (Å²) in [5.41, 5.74) is -0.446. The second-order valence-corrected chi connectivity index (χ2v) is 6.46. The Bertz CT molecular complexity index is 561. The van der Waals surface area contributed by atoms with Gasteiger partial charge in [-0.1, -0.05) is 0 Å². The molecule has 4 nitrogen and oxygen atoms in total. The standard InChI is InChI=1S/C15H18FNO3/c1-14(2,3)20-13(18)17-9-15(6-7-15)19-12-5-4-10(16)8-11(12)17/h4-5,8H,6-7,9H2,1-3H3. The van der Waals surface area contributed by atoms with E-state index in [2.05, 4.69) is 0 Å². The van der Waals surface area contributed by atoms with E-state index in [1.54, 1.807) is 6.07 Å². The molecule has 1 aliphatic carbocycles. The SMILES string of the molecule is CC(C)(C)OC(=O)N1CC2(CC2)Oc2ccc(F)cc21. The molecule has 1 aromatic rings. The Morgan fingerprint density at radius 2 is 2.10 bits per heavy atom. The number of nitrogens with zero attached hydrogens (tertiary/aromatic N) is 1. The lowest BCUT2D eigenvalue weighted by atomic mass is 10.1. The molecule has 0 unspecified atom stereocenters. The van der Waals surface area contributed by atoms with E-state index in [1.807, 2.05) is 20.8 Å². The van der Waals surface area contributed by atoms with Crippen LogP contribution in [0.5, 0.6) is 5.75 Å². The smallest absolute Gasteiger partial charge is 0.415 e. The molecule has 2 aliphatic rings. The minimum atomic E-state index is -0.584. The molecule has 0 radical (unpaired) electrons. The molecular weight excluding hydrogens is 261 g/mol. The molecule has 0 N–H and O–H groups in total. The first kappa shape index (κ1) is 13.2. The van der Waals surface area contributed by atoms with Crippen LogP contribution in [0, 0.1) is 5.82 Å². The quantitative estimate of drug-likeness (QED) is 0.729. The molecule has 0 saturated heterocycles. The van der Waals surface area contributed by atoms with Crippen LogP contribution < -0.4 is 9.64 Å². The fourth-order valence-electron chi connectivity index (χ4n) is 2.31. The van der Waals surface area contributed by atoms with E-state index in [-0.39, 0.29) is 5.60 Å². The summed E-state index contributed by atoms with van der Waals surface area (Å²) in [6.07, 6.45) is 1.35. The van der Waals surface area contributed by atoms with Crippen molar-refractivity contribution in [1.29, 1.82) is 0 Å². The van der Waals surface area contributed by atoms with Crippen LogP contribution in [0.25, 0.3) is 0 Å². The third kappa shape index (κ3) is 2.44. The normalized spacial score (nSPS) is 19.3. The Kier molecular flexibility index (Phi) is 2.71. The highest BCUT2D eigenvalue weighted by Gasteiger charge is 2.52. The van der Waals surface area contributed by atoms with Crippen molar-refractivity contribution < 1.29 is 18.7 Å². The van der Waals surface area contributed by atoms with E-state index in [0.717, 1.165) is 12.8 Å². The molecule has 1 spiro atoms. The summed E-state index contributed by atoms with van der Waals surface area (Å²) < 4.78 is 24.7. The molecule has 3 rings (SSSR count). The van der Waals surface area contributed by atoms with Crippen molar-refractivity contribution in [2.45, 2.75) is 44.8 Å². The third-order valence-corrected chi connectivity index (χ3v) is 3.41. The first-order chi connectivity index (χ1) is 9.28. The number of hydrogen-bond donors (Lipinski definition) is 0. The Morgan fingerprint density at radius 3 is 2.70 bits per heavy atom. The van der Waals surface area contributed by atoms with Crippen molar-refractivity contribution in [2.24, 2.45) is 0 Å². The van der Waals surface area contributed by atoms with Gasteiger partial charge in [0.25, 0.3) is 0 Å². The zero-order valence-electron chi connectivity index (χ0n) is 11.9. The third-order valence-electron chi connectivity index (χ3n) is 3.41. The maximum absolute atomic E-state index is 13.4. The van der Waals surface area contributed by atoms with Gasteiger partial charge in [-0.15, -0.1) is 0 Å². The van der Waals surface area contributed by atoms with E-state index < -0.39 is 17.5 Å². The number of fused-ring (bicyclic) bond motifs is 1. The van der Waals surface area contributed by atoms with Gasteiger partial charge in [0, 0.05) is 6.07 Å². The van der Waals surface area contributed by atoms with Crippen LogP contribution in [0.4, 0.5) is 14.9 Å². The van der Waals surface area contributed by atoms with Crippen molar-refractivity contribution in [1.82, 2.24) is 0 Å². The largest absolute Gasteiger partial charge is 0.483 e. The highest BCUT2D eigenvalue weighted by Crippen LogP contribution is 2.48. The number of carbonyl (C=O) groups excluding carboxylic acids is 1. The summed E-state index contributed by atoms with van der Waals surface area (Å²) in [4.78, 5) is 13.8. The van der Waals surface area contributed by atoms with Crippen molar-refractivity contribution in [2.75, 3.05) is 11.4 Å². The number of ether oxygens (including phenoxy) is 2. The first-order valence-corrected chi connectivity index (χ1v) is 6.77. The van der Waals surface area contributed by atoms with Crippen LogP contribution in [0.2, 0.25) is 0 Å². The lowest BCUT2D eigenvalue weighted by Gasteiger charge is -2.36. The number of amides is 1. The van der Waals surface area contributed by atoms with Gasteiger partial charge in [0.2, 0.25) is 0 Å². The van der Waals surface area contributed by atoms with Crippen LogP contribution >= 0.6 is 0 Å². The molecule has 0 aromatic heterocycles. The first-order valence-electron chi connectivity index (χ1n) is 6.77. The number of benzene rings is 1. The number of anilines is 1. The molecule has 1 heterocycles. The second-order valence-electron chi connectivity index (χ2n) is 6.46. The molecule has 0 bridgehead atoms. The maximum atomic E-state index is 13.4. The van der Waals surface area contributed by atoms with Crippen LogP contribution in [0.3, 0.4) is 0 Å². The summed E-state index contributed by atoms with van der Waals surface area (Å²) >= 11 is 0. The summed E-state index contributed by atoms with van der Waals surface area (Å²) in [6, 6.07) is 4.23. The Hall–Kier alpha value is -1.78. The minimum absolute atomic E-state index is 0.304. The van der Waals surface area contributed by atoms with Crippen molar-refractivity contribution in [3.63, 3.8) is 0 Å². The van der Waals surface area contributed by atoms with E-state index in [0.29, 0.717) is 18.0 Å². The molecule has 5 heteroatoms. The minimum Gasteiger partial charge on any atom is -0.483 e. The molecule has 1 aromatic carbocycles. The predicted octanol–water partition coefficient (Wildman–Crippen LogP) is 3.49. The number of carbonyl (C=O) groups is 1. The fraction of sp³-hybridized carbons (Fsp3) is 0.533. The van der Waals surface area contributed by atoms with E-state index in [4.69, 9.17) is 9.47 Å². The highest BCUT2D eigenvalue weighted by atomic mass is 19.1. The van der Waals surface area contributed by atoms with Crippen molar-refractivity contribution >= 4 is 11.8 Å². The summed E-state index contributed by atoms with van der Waals surface area (Å²) in [5, 5.41) is 0. The van der Waals surface area contributed by atoms with Gasteiger partial charge < -0.3 is 9.47 Å². The number of hydrogen-bond acceptors (Lipinski definition) is 3. The van der Waals surface area contributed by atoms with Gasteiger partial charge >= 0.3 is 6.09 Å². The molecule has 20 heavy (non-hydrogen) atoms. The molecule has 1 aliphatic heterocycles. The van der Waals surface area contributed by atoms with Gasteiger partial charge in [0.1, 0.15) is 22.8 Å². The van der Waals surface area contributed by atoms with Crippen molar-refractivity contribution in [3.05, 3.63) is 24.0 Å². The Balaban J connectivity index is 1.94. The average molecular weight is 279 g/mol. The van der Waals surface area contributed by atoms with Gasteiger partial charge in [0.15, 0.2) is 0 Å². The lowest BCUT2D eigenvalue weighted by molar-refractivity contribution is 0.0537. The summed E-state index contributed by atoms with van der Waals surface area (Å²) in [5.74, 6) is 0.147. The van der Waals surface area contributed by atoms with Gasteiger partial charge in [-0.3, -0.25) is 4.90 Å². The molecule has 0 atom stereocenters. The predicted molar refractivity (Wildman–Crippen MR) is 72.6 cm³/mol. The zero-order chi connectivity index (χ0) is 14.5. The van der Waals surface area contributed by atoms with Gasteiger partial charge in [0.05, 0.1) is 12.2 Å². The Morgan fingerprint density at radius 1 is 1.40 bits per heavy atom. The van der Waals surface area contributed by atoms with Crippen LogP contribution in [-0.4, -0.2) is 23.8 Å². The van der Waals surface area contributed by atoms with Gasteiger partial charge in [-0.25, -0.2) is 9.18 Å². The van der Waals surface area contributed by atoms with Crippen LogP contribution in [0.1, 0.15) is 33.6 Å². The van der Waals surface area contributed by atoms with Crippen LogP contribution in [0.15, 0.2) is 18.2 Å². The van der Waals surface area contributed by atoms with Gasteiger partial charge in [-0.2, -0.15) is 0 Å². The zero-order valence-corrected chi connectivity index (χ0v) is 11.9. The maximum Gasteiger partial charge on any atom is 0.415 e. The molecule has 1 amide bonds. The van der Waals surface area contributed by atoms with E-state index in [9.17, 15) is 9.18 Å². The van der Waals surface area contributed by atoms with E-state index in [1.165, 1.54) is 17.0 Å². The number of halogens is 1. The fourth-order valence-corrected chi connectivity index (χ4v) is 2.31. The monoisotopic (exact) mass is 279 g/mol. The lowest BCUT2D eigenvalue weighted by Crippen LogP contribution is -2.47. The molecule has 1 saturated carbocycles. The molecule has 1 fully saturated rings. The summed E-state index contributed by atoms with van der Waals surface area (Å²) in [6.45, 7) is 5.85. The van der Waals surface area contributed by atoms with E-state index >= 15 is 0 Å². The highest BCUT2D eigenvalue weighted by molar-refractivity contribution is 5.91. The topological polar surface area (TPSA) is 38.8 Å². The van der Waals surface area contributed by atoms with Crippen molar-refractivity contribution in [3.8, 4) is 5.75 Å². The summed E-state index contributed by atoms with van der Waals surface area (Å²) in [7, 11) is 0. The van der Waals surface area contributed by atoms with Gasteiger partial charge in [-0.05, 0) is 45.7 Å². The average Bonchev–Trinajstić information content (AvgIpc) is 3.06.